The highest BCUT2D eigenvalue weighted by Crippen LogP contribution is 2.16. The lowest BCUT2D eigenvalue weighted by Crippen LogP contribution is -2.25. The molecule has 1 heterocycles. The Kier molecular flexibility index (Phi) is 3.77. The van der Waals surface area contributed by atoms with E-state index in [0.29, 0.717) is 13.2 Å². The Morgan fingerprint density at radius 3 is 2.76 bits per heavy atom. The number of cyclic esters (lactones) is 2. The number of hydrogen-bond donors (Lipinski definition) is 0. The highest BCUT2D eigenvalue weighted by molar-refractivity contribution is 5.63. The van der Waals surface area contributed by atoms with Crippen molar-refractivity contribution in [2.75, 3.05) is 6.61 Å². The summed E-state index contributed by atoms with van der Waals surface area (Å²) in [4.78, 5) is 10.9. The Hall–Kier alpha value is -1.81. The number of rotatable bonds is 5. The summed E-state index contributed by atoms with van der Waals surface area (Å²) >= 11 is 0. The maximum Gasteiger partial charge on any atom is 0.509 e. The van der Waals surface area contributed by atoms with Gasteiger partial charge in [0.1, 0.15) is 0 Å². The van der Waals surface area contributed by atoms with Gasteiger partial charge in [-0.1, -0.05) is 36.9 Å². The molecule has 1 aliphatic heterocycles. The smallest absolute Gasteiger partial charge is 0.424 e. The fraction of sp³-hybridized carbons (Fsp3) is 0.308. The van der Waals surface area contributed by atoms with Crippen LogP contribution in [0.4, 0.5) is 4.79 Å². The molecular weight excluding hydrogens is 220 g/mol. The number of carbonyl (C=O) groups is 1. The Balaban J connectivity index is 1.79. The van der Waals surface area contributed by atoms with Crippen LogP contribution in [0.15, 0.2) is 43.0 Å². The molecule has 0 N–H and O–H groups in total. The predicted molar refractivity (Wildman–Crippen MR) is 61.4 cm³/mol. The normalized spacial score (nSPS) is 22.9. The maximum absolute atomic E-state index is 10.9. The molecule has 90 valence electrons. The van der Waals surface area contributed by atoms with Crippen LogP contribution >= 0.6 is 0 Å². The van der Waals surface area contributed by atoms with Crippen molar-refractivity contribution in [3.63, 3.8) is 0 Å². The quantitative estimate of drug-likeness (QED) is 0.579. The molecule has 0 amide bonds. The molecule has 1 aliphatic rings. The van der Waals surface area contributed by atoms with Crippen LogP contribution in [-0.2, 0) is 20.8 Å². The monoisotopic (exact) mass is 234 g/mol. The average molecular weight is 234 g/mol. The van der Waals surface area contributed by atoms with Crippen molar-refractivity contribution in [3.05, 3.63) is 48.6 Å². The minimum absolute atomic E-state index is 0.303. The Bertz CT molecular complexity index is 388. The minimum Gasteiger partial charge on any atom is -0.424 e. The van der Waals surface area contributed by atoms with Gasteiger partial charge in [0.15, 0.2) is 12.2 Å². The van der Waals surface area contributed by atoms with Crippen molar-refractivity contribution in [2.24, 2.45) is 0 Å². The van der Waals surface area contributed by atoms with Crippen LogP contribution in [0, 0.1) is 0 Å². The van der Waals surface area contributed by atoms with E-state index in [1.807, 2.05) is 30.3 Å². The van der Waals surface area contributed by atoms with E-state index in [0.717, 1.165) is 5.56 Å². The molecule has 1 saturated heterocycles. The van der Waals surface area contributed by atoms with Crippen molar-refractivity contribution in [3.8, 4) is 0 Å². The fourth-order valence-electron chi connectivity index (χ4n) is 1.60. The number of benzene rings is 1. The van der Waals surface area contributed by atoms with E-state index in [1.54, 1.807) is 6.08 Å². The Morgan fingerprint density at radius 1 is 1.29 bits per heavy atom. The summed E-state index contributed by atoms with van der Waals surface area (Å²) in [6.07, 6.45) is 0.0618. The lowest BCUT2D eigenvalue weighted by atomic mass is 10.2. The minimum atomic E-state index is -0.664. The van der Waals surface area contributed by atoms with Gasteiger partial charge in [-0.25, -0.2) is 4.79 Å². The second-order valence-corrected chi connectivity index (χ2v) is 3.73. The highest BCUT2D eigenvalue weighted by Gasteiger charge is 2.34. The van der Waals surface area contributed by atoms with Crippen molar-refractivity contribution in [1.82, 2.24) is 0 Å². The van der Waals surface area contributed by atoms with E-state index in [2.05, 4.69) is 6.58 Å². The van der Waals surface area contributed by atoms with Crippen LogP contribution in [0.25, 0.3) is 0 Å². The van der Waals surface area contributed by atoms with Crippen LogP contribution in [-0.4, -0.2) is 25.0 Å². The van der Waals surface area contributed by atoms with Crippen LogP contribution in [0.1, 0.15) is 5.56 Å². The van der Waals surface area contributed by atoms with E-state index >= 15 is 0 Å². The first-order valence-corrected chi connectivity index (χ1v) is 5.41. The Labute approximate surface area is 99.8 Å². The van der Waals surface area contributed by atoms with Crippen LogP contribution in [0.3, 0.4) is 0 Å². The third kappa shape index (κ3) is 3.07. The number of hydrogen-bond acceptors (Lipinski definition) is 4. The molecule has 0 spiro atoms. The molecule has 2 rings (SSSR count). The molecule has 4 nitrogen and oxygen atoms in total. The summed E-state index contributed by atoms with van der Waals surface area (Å²) < 4.78 is 15.3. The van der Waals surface area contributed by atoms with Gasteiger partial charge in [0, 0.05) is 0 Å². The van der Waals surface area contributed by atoms with E-state index in [1.165, 1.54) is 0 Å². The van der Waals surface area contributed by atoms with Crippen molar-refractivity contribution >= 4 is 6.16 Å². The van der Waals surface area contributed by atoms with Gasteiger partial charge in [0.05, 0.1) is 13.2 Å². The highest BCUT2D eigenvalue weighted by atomic mass is 16.8. The first-order chi connectivity index (χ1) is 8.29. The van der Waals surface area contributed by atoms with E-state index in [-0.39, 0.29) is 0 Å². The molecule has 0 aromatic heterocycles. The zero-order valence-corrected chi connectivity index (χ0v) is 9.37. The fourth-order valence-corrected chi connectivity index (χ4v) is 1.60. The summed E-state index contributed by atoms with van der Waals surface area (Å²) in [5, 5.41) is 0. The van der Waals surface area contributed by atoms with E-state index in [9.17, 15) is 4.79 Å². The lowest BCUT2D eigenvalue weighted by Gasteiger charge is -2.12. The molecule has 17 heavy (non-hydrogen) atoms. The van der Waals surface area contributed by atoms with Gasteiger partial charge in [0.2, 0.25) is 0 Å². The topological polar surface area (TPSA) is 44.8 Å². The molecule has 1 aromatic carbocycles. The van der Waals surface area contributed by atoms with Gasteiger partial charge >= 0.3 is 6.16 Å². The SMILES string of the molecule is C=C[C@H]1OC(=O)O[C@H]1COCc1ccccc1. The summed E-state index contributed by atoms with van der Waals surface area (Å²) in [6.45, 7) is 4.37. The second-order valence-electron chi connectivity index (χ2n) is 3.73. The number of carbonyl (C=O) groups excluding carboxylic acids is 1. The zero-order chi connectivity index (χ0) is 12.1. The van der Waals surface area contributed by atoms with Crippen molar-refractivity contribution < 1.29 is 19.0 Å². The molecule has 4 heteroatoms. The van der Waals surface area contributed by atoms with Crippen molar-refractivity contribution in [1.29, 1.82) is 0 Å². The predicted octanol–water partition coefficient (Wildman–Crippen LogP) is 2.29. The van der Waals surface area contributed by atoms with Gasteiger partial charge in [-0.3, -0.25) is 0 Å². The van der Waals surface area contributed by atoms with Crippen LogP contribution < -0.4 is 0 Å². The summed E-state index contributed by atoms with van der Waals surface area (Å²) in [5.41, 5.74) is 1.08. The van der Waals surface area contributed by atoms with Crippen molar-refractivity contribution in [2.45, 2.75) is 18.8 Å². The largest absolute Gasteiger partial charge is 0.509 e. The first-order valence-electron chi connectivity index (χ1n) is 5.41. The summed E-state index contributed by atoms with van der Waals surface area (Å²) in [5.74, 6) is 0. The zero-order valence-electron chi connectivity index (χ0n) is 9.37. The van der Waals surface area contributed by atoms with Gasteiger partial charge in [0.25, 0.3) is 0 Å². The molecule has 0 bridgehead atoms. The molecule has 0 saturated carbocycles. The Morgan fingerprint density at radius 2 is 2.06 bits per heavy atom. The second kappa shape index (κ2) is 5.50. The molecule has 1 fully saturated rings. The molecule has 2 atom stereocenters. The summed E-state index contributed by atoms with van der Waals surface area (Å²) in [6, 6.07) is 9.79. The van der Waals surface area contributed by atoms with Gasteiger partial charge < -0.3 is 14.2 Å². The molecule has 0 radical (unpaired) electrons. The first kappa shape index (κ1) is 11.7. The van der Waals surface area contributed by atoms with E-state index < -0.39 is 18.4 Å². The van der Waals surface area contributed by atoms with E-state index in [4.69, 9.17) is 14.2 Å². The maximum atomic E-state index is 10.9. The third-order valence-corrected chi connectivity index (χ3v) is 2.47. The molecule has 1 aromatic rings. The summed E-state index contributed by atoms with van der Waals surface area (Å²) in [7, 11) is 0. The van der Waals surface area contributed by atoms with Crippen LogP contribution in [0.2, 0.25) is 0 Å². The molecule has 0 unspecified atom stereocenters. The number of ether oxygens (including phenoxy) is 3. The standard InChI is InChI=1S/C13H14O4/c1-2-11-12(17-13(14)16-11)9-15-8-10-6-4-3-5-7-10/h2-7,11-12H,1,8-9H2/t11-,12+/m1/s1. The molecular formula is C13H14O4. The van der Waals surface area contributed by atoms with Gasteiger partial charge in [-0.15, -0.1) is 0 Å². The van der Waals surface area contributed by atoms with Crippen LogP contribution in [0.5, 0.6) is 0 Å². The third-order valence-electron chi connectivity index (χ3n) is 2.47. The molecule has 0 aliphatic carbocycles. The van der Waals surface area contributed by atoms with Gasteiger partial charge in [-0.05, 0) is 11.6 Å². The lowest BCUT2D eigenvalue weighted by molar-refractivity contribution is 0.0305. The average Bonchev–Trinajstić information content (AvgIpc) is 2.71. The van der Waals surface area contributed by atoms with Gasteiger partial charge in [-0.2, -0.15) is 0 Å².